The summed E-state index contributed by atoms with van der Waals surface area (Å²) in [5.74, 6) is 1.20. The Bertz CT molecular complexity index is 2380. The van der Waals surface area contributed by atoms with Crippen LogP contribution in [0.3, 0.4) is 0 Å². The normalized spacial score (nSPS) is 17.7. The lowest BCUT2D eigenvalue weighted by Crippen LogP contribution is -2.30. The highest BCUT2D eigenvalue weighted by Crippen LogP contribution is 2.33. The molecule has 1 unspecified atom stereocenters. The second-order valence-electron chi connectivity index (χ2n) is 13.7. The Morgan fingerprint density at radius 3 is 2.20 bits per heavy atom. The summed E-state index contributed by atoms with van der Waals surface area (Å²) in [7, 11) is 0. The maximum absolute atomic E-state index is 9.15. The first-order valence-electron chi connectivity index (χ1n) is 18.9. The zero-order valence-corrected chi connectivity index (χ0v) is 32.3. The lowest BCUT2D eigenvalue weighted by Gasteiger charge is -2.26. The Balaban J connectivity index is 0.000000153. The van der Waals surface area contributed by atoms with Crippen molar-refractivity contribution in [2.75, 3.05) is 44.5 Å². The number of aliphatic hydroxyl groups excluding tert-OH is 3. The Hall–Kier alpha value is -5.65. The van der Waals surface area contributed by atoms with Crippen molar-refractivity contribution in [3.63, 3.8) is 0 Å². The van der Waals surface area contributed by atoms with Gasteiger partial charge in [-0.15, -0.1) is 0 Å². The topological polar surface area (TPSA) is 222 Å². The van der Waals surface area contributed by atoms with E-state index in [1.54, 1.807) is 24.5 Å². The number of benzene rings is 3. The number of anilines is 2. The van der Waals surface area contributed by atoms with Crippen LogP contribution < -0.4 is 16.2 Å². The first-order chi connectivity index (χ1) is 28.3. The summed E-state index contributed by atoms with van der Waals surface area (Å²) in [4.78, 5) is 8.69. The van der Waals surface area contributed by atoms with Crippen molar-refractivity contribution in [3.8, 4) is 28.3 Å². The lowest BCUT2D eigenvalue weighted by molar-refractivity contribution is -0.220. The number of hydrogen-bond acceptors (Lipinski definition) is 13. The molecule has 0 saturated carbocycles. The van der Waals surface area contributed by atoms with Crippen LogP contribution in [0, 0.1) is 0 Å². The van der Waals surface area contributed by atoms with Crippen LogP contribution in [0.15, 0.2) is 103 Å². The van der Waals surface area contributed by atoms with Gasteiger partial charge in [0.25, 0.3) is 0 Å². The Morgan fingerprint density at radius 2 is 1.51 bits per heavy atom. The molecular formula is C43H49ClN8O7. The number of ether oxygens (including phenoxy) is 4. The number of hydrogen-bond donors (Lipinski definition) is 6. The standard InChI is InChI=1S/C17H17ClN4O.C15H16N4O3.C10H12O3.CH4/c18-13-10-16(19)21-14-9-11(4-5-12(13)14)15-6-7-20-22(15)17-3-1-2-8-23-17;16-15-6-14(22-10(7-20)8-21)11-2-1-9(5-13(11)18-15)12-3-4-17-19-12;11-9-6-12-10(13-7-9)8-4-2-1-3-5-8;/h4-7,9-10,17H,1-3,8H2,(H2,19,21);1-6,10,20-21H,7-8H2,(H2,16,18)(H,17,19);1-5,9-11H,6-7H2;1H4. The minimum atomic E-state index is -0.697. The van der Waals surface area contributed by atoms with Crippen molar-refractivity contribution in [2.24, 2.45) is 0 Å². The summed E-state index contributed by atoms with van der Waals surface area (Å²) in [6.45, 7) is 0.910. The largest absolute Gasteiger partial charge is 0.485 e. The number of nitrogens with one attached hydrogen (secondary N) is 1. The van der Waals surface area contributed by atoms with Gasteiger partial charge in [0, 0.05) is 52.5 Å². The van der Waals surface area contributed by atoms with Gasteiger partial charge in [-0.3, -0.25) is 5.10 Å². The van der Waals surface area contributed by atoms with Crippen molar-refractivity contribution in [3.05, 3.63) is 114 Å². The molecule has 0 radical (unpaired) electrons. The average molecular weight is 825 g/mol. The minimum Gasteiger partial charge on any atom is -0.485 e. The van der Waals surface area contributed by atoms with Gasteiger partial charge in [-0.1, -0.05) is 67.6 Å². The highest BCUT2D eigenvalue weighted by atomic mass is 35.5. The van der Waals surface area contributed by atoms with Crippen molar-refractivity contribution in [2.45, 2.75) is 51.4 Å². The van der Waals surface area contributed by atoms with E-state index in [1.165, 1.54) is 0 Å². The first-order valence-corrected chi connectivity index (χ1v) is 19.2. The summed E-state index contributed by atoms with van der Waals surface area (Å²) in [6, 6.07) is 28.5. The monoisotopic (exact) mass is 824 g/mol. The second kappa shape index (κ2) is 20.4. The van der Waals surface area contributed by atoms with E-state index < -0.39 is 12.2 Å². The fraction of sp³-hybridized carbons (Fsp3) is 0.302. The predicted octanol–water partition coefficient (Wildman–Crippen LogP) is 6.70. The molecule has 9 rings (SSSR count). The van der Waals surface area contributed by atoms with E-state index >= 15 is 0 Å². The molecule has 0 bridgehead atoms. The van der Waals surface area contributed by atoms with E-state index in [0.717, 1.165) is 70.2 Å². The molecule has 3 aromatic carbocycles. The number of nitrogens with two attached hydrogens (primary N) is 2. The predicted molar refractivity (Wildman–Crippen MR) is 227 cm³/mol. The second-order valence-corrected chi connectivity index (χ2v) is 14.1. The summed E-state index contributed by atoms with van der Waals surface area (Å²) in [5.41, 5.74) is 17.9. The number of nitrogens with zero attached hydrogens (tertiary/aromatic N) is 5. The van der Waals surface area contributed by atoms with Gasteiger partial charge in [0.2, 0.25) is 0 Å². The van der Waals surface area contributed by atoms with Gasteiger partial charge in [-0.25, -0.2) is 14.6 Å². The summed E-state index contributed by atoms with van der Waals surface area (Å²) >= 11 is 6.24. The molecule has 2 aliphatic heterocycles. The highest BCUT2D eigenvalue weighted by Gasteiger charge is 2.22. The number of nitrogen functional groups attached to an aromatic ring is 2. The molecular weight excluding hydrogens is 776 g/mol. The average Bonchev–Trinajstić information content (AvgIpc) is 3.98. The summed E-state index contributed by atoms with van der Waals surface area (Å²) < 4.78 is 24.0. The fourth-order valence-corrected chi connectivity index (χ4v) is 6.83. The third kappa shape index (κ3) is 10.7. The maximum Gasteiger partial charge on any atom is 0.184 e. The van der Waals surface area contributed by atoms with Crippen LogP contribution in [0.2, 0.25) is 5.02 Å². The van der Waals surface area contributed by atoms with Crippen LogP contribution in [0.25, 0.3) is 44.3 Å². The maximum atomic E-state index is 9.15. The zero-order valence-electron chi connectivity index (χ0n) is 31.5. The van der Waals surface area contributed by atoms with Crippen LogP contribution in [0.4, 0.5) is 11.6 Å². The van der Waals surface area contributed by atoms with E-state index in [9.17, 15) is 0 Å². The Kier molecular flexibility index (Phi) is 14.8. The number of aromatic nitrogens is 6. The molecule has 6 heterocycles. The van der Waals surface area contributed by atoms with Gasteiger partial charge in [0.1, 0.15) is 29.6 Å². The molecule has 16 heteroatoms. The Labute approximate surface area is 346 Å². The van der Waals surface area contributed by atoms with Crippen LogP contribution in [0.5, 0.6) is 5.75 Å². The molecule has 2 aliphatic rings. The van der Waals surface area contributed by atoms with Crippen molar-refractivity contribution < 1.29 is 34.3 Å². The van der Waals surface area contributed by atoms with Crippen LogP contribution in [-0.4, -0.2) is 90.5 Å². The van der Waals surface area contributed by atoms with Gasteiger partial charge in [0.05, 0.1) is 53.9 Å². The smallest absolute Gasteiger partial charge is 0.184 e. The SMILES string of the molecule is C.Nc1cc(Cl)c2ccc(-c3ccnn3C3CCCCO3)cc2n1.Nc1cc(OC(CO)CO)c2ccc(-c3ccn[nH]3)cc2n1.OC1COC(c2ccccc2)OC1. The molecule has 310 valence electrons. The molecule has 0 amide bonds. The molecule has 7 aromatic rings. The molecule has 2 saturated heterocycles. The third-order valence-electron chi connectivity index (χ3n) is 9.43. The van der Waals surface area contributed by atoms with E-state index in [2.05, 4.69) is 25.3 Å². The number of pyridine rings is 2. The van der Waals surface area contributed by atoms with Gasteiger partial charge in [0.15, 0.2) is 12.5 Å². The van der Waals surface area contributed by atoms with Crippen LogP contribution >= 0.6 is 11.6 Å². The quantitative estimate of drug-likeness (QED) is 0.0940. The molecule has 59 heavy (non-hydrogen) atoms. The number of halogens is 1. The molecule has 0 aliphatic carbocycles. The molecule has 8 N–H and O–H groups in total. The van der Waals surface area contributed by atoms with Crippen LogP contribution in [-0.2, 0) is 14.2 Å². The summed E-state index contributed by atoms with van der Waals surface area (Å²) in [6.07, 6.45) is 5.24. The molecule has 15 nitrogen and oxygen atoms in total. The van der Waals surface area contributed by atoms with E-state index in [-0.39, 0.29) is 33.2 Å². The molecule has 4 aromatic heterocycles. The lowest BCUT2D eigenvalue weighted by atomic mass is 10.1. The van der Waals surface area contributed by atoms with E-state index in [4.69, 9.17) is 57.3 Å². The van der Waals surface area contributed by atoms with Crippen molar-refractivity contribution >= 4 is 45.0 Å². The van der Waals surface area contributed by atoms with E-state index in [0.29, 0.717) is 41.1 Å². The number of aromatic amines is 1. The zero-order chi connectivity index (χ0) is 40.4. The Morgan fingerprint density at radius 1 is 0.814 bits per heavy atom. The van der Waals surface area contributed by atoms with Crippen LogP contribution in [0.1, 0.15) is 44.8 Å². The summed E-state index contributed by atoms with van der Waals surface area (Å²) in [5, 5.41) is 41.0. The number of aliphatic hydroxyl groups is 3. The van der Waals surface area contributed by atoms with Crippen molar-refractivity contribution in [1.82, 2.24) is 29.9 Å². The van der Waals surface area contributed by atoms with E-state index in [1.807, 2.05) is 83.5 Å². The number of H-pyrrole nitrogens is 1. The third-order valence-corrected chi connectivity index (χ3v) is 9.74. The minimum absolute atomic E-state index is 0. The molecule has 2 fully saturated rings. The van der Waals surface area contributed by atoms with Gasteiger partial charge in [-0.2, -0.15) is 10.2 Å². The van der Waals surface area contributed by atoms with Gasteiger partial charge in [-0.05, 0) is 55.7 Å². The fourth-order valence-electron chi connectivity index (χ4n) is 6.56. The highest BCUT2D eigenvalue weighted by molar-refractivity contribution is 6.35. The first kappa shape index (κ1) is 42.9. The molecule has 0 spiro atoms. The molecule has 1 atom stereocenters. The van der Waals surface area contributed by atoms with Gasteiger partial charge >= 0.3 is 0 Å². The van der Waals surface area contributed by atoms with Gasteiger partial charge < -0.3 is 45.7 Å². The van der Waals surface area contributed by atoms with Crippen molar-refractivity contribution in [1.29, 1.82) is 0 Å². The number of rotatable bonds is 8. The number of fused-ring (bicyclic) bond motifs is 2.